The maximum absolute atomic E-state index is 9.96. The number of hydrogen-bond donors (Lipinski definition) is 1. The zero-order chi connectivity index (χ0) is 4.41. The zero-order valence-corrected chi connectivity index (χ0v) is 3.22. The summed E-state index contributed by atoms with van der Waals surface area (Å²) in [5, 5.41) is 0. The highest BCUT2D eigenvalue weighted by atomic mass is 16.3. The Morgan fingerprint density at radius 2 is 2.67 bits per heavy atom. The second-order valence-electron chi connectivity index (χ2n) is 1.07. The van der Waals surface area contributed by atoms with Crippen LogP contribution in [0, 0.1) is 4.91 Å². The Morgan fingerprint density at radius 3 is 2.83 bits per heavy atom. The van der Waals surface area contributed by atoms with Gasteiger partial charge < -0.3 is 0 Å². The smallest absolute Gasteiger partial charge is 0.143 e. The van der Waals surface area contributed by atoms with Gasteiger partial charge in [0, 0.05) is 6.08 Å². The van der Waals surface area contributed by atoms with Crippen LogP contribution in [0.25, 0.3) is 0 Å². The van der Waals surface area contributed by atoms with E-state index in [-0.39, 0.29) is 0 Å². The first-order valence-corrected chi connectivity index (χ1v) is 1.76. The molecule has 0 aliphatic carbocycles. The first-order chi connectivity index (χ1) is 2.89. The van der Waals surface area contributed by atoms with E-state index in [0.29, 0.717) is 11.4 Å². The van der Waals surface area contributed by atoms with Crippen LogP contribution in [0.1, 0.15) is 0 Å². The highest BCUT2D eigenvalue weighted by molar-refractivity contribution is 4.76. The van der Waals surface area contributed by atoms with Crippen molar-refractivity contribution in [3.63, 3.8) is 0 Å². The number of hydrazine groups is 1. The number of nitroso groups, excluding NO2 is 1. The summed E-state index contributed by atoms with van der Waals surface area (Å²) in [5.41, 5.74) is 2.49. The van der Waals surface area contributed by atoms with Crippen molar-refractivity contribution in [2.45, 2.75) is 0 Å². The van der Waals surface area contributed by atoms with Crippen LogP contribution < -0.4 is 5.43 Å². The molecule has 0 saturated heterocycles. The average molecular weight is 85.1 g/mol. The molecule has 0 saturated carbocycles. The molecule has 0 spiro atoms. The van der Waals surface area contributed by atoms with E-state index in [9.17, 15) is 4.91 Å². The van der Waals surface area contributed by atoms with Gasteiger partial charge in [-0.05, 0) is 0 Å². The van der Waals surface area contributed by atoms with Crippen molar-refractivity contribution in [3.8, 4) is 0 Å². The summed E-state index contributed by atoms with van der Waals surface area (Å²) in [7, 11) is 0. The van der Waals surface area contributed by atoms with Gasteiger partial charge in [0.05, 0.1) is 11.5 Å². The summed E-state index contributed by atoms with van der Waals surface area (Å²) < 4.78 is 0. The molecule has 3 heteroatoms. The molecular formula is C3H5N2O+. The Morgan fingerprint density at radius 1 is 1.83 bits per heavy atom. The summed E-state index contributed by atoms with van der Waals surface area (Å²) in [6.07, 6.45) is 3.20. The van der Waals surface area contributed by atoms with Crippen LogP contribution in [0.4, 0.5) is 0 Å². The van der Waals surface area contributed by atoms with Crippen LogP contribution >= 0.6 is 0 Å². The predicted molar refractivity (Wildman–Crippen MR) is 20.8 cm³/mol. The molecule has 1 heterocycles. The van der Waals surface area contributed by atoms with Gasteiger partial charge in [0.15, 0.2) is 0 Å². The standard InChI is InChI=1S/C3H5N2O/c6-5-3-1-2-4-5/h1,3H,2H2,(H,4,6)/q+1. The quantitative estimate of drug-likeness (QED) is 0.413. The van der Waals surface area contributed by atoms with Crippen molar-refractivity contribution < 1.29 is 4.87 Å². The molecule has 0 fully saturated rings. The maximum Gasteiger partial charge on any atom is 0.255 e. The summed E-state index contributed by atoms with van der Waals surface area (Å²) in [5.74, 6) is 0. The minimum absolute atomic E-state index is 0.670. The fraction of sp³-hybridized carbons (Fsp3) is 0.333. The van der Waals surface area contributed by atoms with Gasteiger partial charge in [-0.15, -0.1) is 5.43 Å². The molecule has 32 valence electrons. The summed E-state index contributed by atoms with van der Waals surface area (Å²) in [4.78, 5) is 10.6. The number of nitrogens with zero attached hydrogens (tertiary/aromatic N) is 1. The first kappa shape index (κ1) is 3.33. The monoisotopic (exact) mass is 85.0 g/mol. The molecule has 0 radical (unpaired) electrons. The van der Waals surface area contributed by atoms with E-state index in [0.717, 1.165) is 0 Å². The lowest BCUT2D eigenvalue weighted by atomic mass is 10.7. The van der Waals surface area contributed by atoms with Crippen LogP contribution in [-0.2, 0) is 0 Å². The molecule has 0 aromatic rings. The van der Waals surface area contributed by atoms with Crippen LogP contribution in [0.5, 0.6) is 0 Å². The van der Waals surface area contributed by atoms with Crippen molar-refractivity contribution >= 4 is 0 Å². The van der Waals surface area contributed by atoms with Crippen molar-refractivity contribution in [2.75, 3.05) is 6.54 Å². The second kappa shape index (κ2) is 1.08. The SMILES string of the molecule is O=[N+]1C=CCN1. The molecule has 0 atom stereocenters. The molecule has 1 N–H and O–H groups in total. The molecule has 6 heavy (non-hydrogen) atoms. The Bertz CT molecular complexity index is 97.0. The van der Waals surface area contributed by atoms with Gasteiger partial charge in [0.2, 0.25) is 0 Å². The van der Waals surface area contributed by atoms with Crippen LogP contribution in [0.15, 0.2) is 12.3 Å². The third-order valence-corrected chi connectivity index (χ3v) is 0.606. The minimum Gasteiger partial charge on any atom is -0.143 e. The molecule has 0 aromatic carbocycles. The lowest BCUT2D eigenvalue weighted by Gasteiger charge is -1.70. The average Bonchev–Trinajstić information content (AvgIpc) is 1.86. The van der Waals surface area contributed by atoms with Gasteiger partial charge in [-0.25, -0.2) is 0 Å². The first-order valence-electron chi connectivity index (χ1n) is 1.76. The van der Waals surface area contributed by atoms with Gasteiger partial charge in [-0.1, -0.05) is 0 Å². The topological polar surface area (TPSA) is 32.1 Å². The summed E-state index contributed by atoms with van der Waals surface area (Å²) in [6.45, 7) is 0.670. The molecule has 1 aliphatic rings. The Labute approximate surface area is 35.2 Å². The van der Waals surface area contributed by atoms with E-state index >= 15 is 0 Å². The highest BCUT2D eigenvalue weighted by Gasteiger charge is 2.04. The van der Waals surface area contributed by atoms with E-state index in [2.05, 4.69) is 5.43 Å². The van der Waals surface area contributed by atoms with Gasteiger partial charge in [-0.3, -0.25) is 0 Å². The molecule has 0 unspecified atom stereocenters. The van der Waals surface area contributed by atoms with Crippen molar-refractivity contribution in [3.05, 3.63) is 17.2 Å². The third kappa shape index (κ3) is 0.381. The fourth-order valence-electron chi connectivity index (χ4n) is 0.344. The Hall–Kier alpha value is -0.860. The summed E-state index contributed by atoms with van der Waals surface area (Å²) >= 11 is 0. The lowest BCUT2D eigenvalue weighted by Crippen LogP contribution is -2.14. The fourth-order valence-corrected chi connectivity index (χ4v) is 0.344. The van der Waals surface area contributed by atoms with Crippen LogP contribution in [-0.4, -0.2) is 11.4 Å². The van der Waals surface area contributed by atoms with E-state index in [1.807, 2.05) is 0 Å². The minimum atomic E-state index is 0.670. The zero-order valence-electron chi connectivity index (χ0n) is 3.22. The van der Waals surface area contributed by atoms with E-state index in [4.69, 9.17) is 0 Å². The van der Waals surface area contributed by atoms with Gasteiger partial charge in [0.25, 0.3) is 6.20 Å². The molecule has 1 aliphatic heterocycles. The second-order valence-corrected chi connectivity index (χ2v) is 1.07. The molecule has 0 bridgehead atoms. The van der Waals surface area contributed by atoms with E-state index < -0.39 is 0 Å². The van der Waals surface area contributed by atoms with Crippen LogP contribution in [0.3, 0.4) is 0 Å². The van der Waals surface area contributed by atoms with Crippen molar-refractivity contribution in [1.29, 1.82) is 0 Å². The van der Waals surface area contributed by atoms with Gasteiger partial charge >= 0.3 is 0 Å². The van der Waals surface area contributed by atoms with Crippen molar-refractivity contribution in [1.82, 2.24) is 5.43 Å². The molecule has 0 amide bonds. The van der Waals surface area contributed by atoms with Crippen molar-refractivity contribution in [2.24, 2.45) is 0 Å². The van der Waals surface area contributed by atoms with Gasteiger partial charge in [0.1, 0.15) is 4.87 Å². The van der Waals surface area contributed by atoms with E-state index in [1.165, 1.54) is 6.20 Å². The molecule has 1 rings (SSSR count). The predicted octanol–water partition coefficient (Wildman–Crippen LogP) is -0.203. The number of nitrogens with one attached hydrogen (secondary N) is 1. The maximum atomic E-state index is 9.96. The Balaban J connectivity index is 2.59. The highest BCUT2D eigenvalue weighted by Crippen LogP contribution is 1.78. The number of rotatable bonds is 0. The van der Waals surface area contributed by atoms with Crippen LogP contribution in [0.2, 0.25) is 0 Å². The largest absolute Gasteiger partial charge is 0.255 e. The van der Waals surface area contributed by atoms with E-state index in [1.54, 1.807) is 6.08 Å². The third-order valence-electron chi connectivity index (χ3n) is 0.606. The normalized spacial score (nSPS) is 18.3. The lowest BCUT2D eigenvalue weighted by molar-refractivity contribution is -0.532. The molecule has 0 aromatic heterocycles. The molecule has 3 nitrogen and oxygen atoms in total. The Kier molecular flexibility index (Phi) is 0.602. The number of hydrogen-bond acceptors (Lipinski definition) is 1. The molecular weight excluding hydrogens is 80.0 g/mol. The summed E-state index contributed by atoms with van der Waals surface area (Å²) in [6, 6.07) is 0. The van der Waals surface area contributed by atoms with Gasteiger partial charge in [-0.2, -0.15) is 0 Å².